The Kier molecular flexibility index (Phi) is 4.06. The van der Waals surface area contributed by atoms with Gasteiger partial charge in [-0.25, -0.2) is 14.1 Å². The number of nitrogens with zero attached hydrogens (tertiary/aromatic N) is 4. The third-order valence-corrected chi connectivity index (χ3v) is 5.37. The molecule has 1 aliphatic carbocycles. The van der Waals surface area contributed by atoms with Crippen LogP contribution in [0.5, 0.6) is 0 Å². The molecule has 2 aromatic rings. The molecule has 6 heteroatoms. The first-order valence-electron chi connectivity index (χ1n) is 8.97. The largest absolute Gasteiger partial charge is 0.340 e. The molecule has 0 bridgehead atoms. The number of aryl methyl sites for hydroxylation is 2. The quantitative estimate of drug-likeness (QED) is 0.862. The molecule has 132 valence electrons. The zero-order valence-corrected chi connectivity index (χ0v) is 14.7. The zero-order valence-electron chi connectivity index (χ0n) is 14.7. The van der Waals surface area contributed by atoms with E-state index in [1.165, 1.54) is 6.07 Å². The highest BCUT2D eigenvalue weighted by atomic mass is 19.1. The molecule has 0 radical (unpaired) electrons. The van der Waals surface area contributed by atoms with Crippen molar-refractivity contribution in [2.75, 3.05) is 13.1 Å². The Hall–Kier alpha value is -2.24. The summed E-state index contributed by atoms with van der Waals surface area (Å²) in [7, 11) is 0. The second-order valence-corrected chi connectivity index (χ2v) is 7.20. The second-order valence-electron chi connectivity index (χ2n) is 7.20. The van der Waals surface area contributed by atoms with Crippen molar-refractivity contribution >= 4 is 5.91 Å². The van der Waals surface area contributed by atoms with Gasteiger partial charge in [-0.15, -0.1) is 0 Å². The van der Waals surface area contributed by atoms with Crippen molar-refractivity contribution in [3.63, 3.8) is 0 Å². The van der Waals surface area contributed by atoms with Crippen molar-refractivity contribution in [1.82, 2.24) is 19.7 Å². The summed E-state index contributed by atoms with van der Waals surface area (Å²) in [6, 6.07) is 6.99. The van der Waals surface area contributed by atoms with Crippen LogP contribution in [0.2, 0.25) is 0 Å². The molecule has 25 heavy (non-hydrogen) atoms. The Morgan fingerprint density at radius 3 is 2.80 bits per heavy atom. The minimum absolute atomic E-state index is 0.0319. The highest BCUT2D eigenvalue weighted by Gasteiger charge is 2.47. The molecule has 2 aliphatic rings. The summed E-state index contributed by atoms with van der Waals surface area (Å²) in [6.45, 7) is 5.29. The van der Waals surface area contributed by atoms with Gasteiger partial charge in [0.1, 0.15) is 17.5 Å². The lowest BCUT2D eigenvalue weighted by Gasteiger charge is -2.33. The van der Waals surface area contributed by atoms with Crippen LogP contribution in [0.1, 0.15) is 48.4 Å². The van der Waals surface area contributed by atoms with Crippen molar-refractivity contribution < 1.29 is 9.18 Å². The summed E-state index contributed by atoms with van der Waals surface area (Å²) in [5, 5.41) is 4.48. The maximum atomic E-state index is 13.9. The Labute approximate surface area is 146 Å². The highest BCUT2D eigenvalue weighted by molar-refractivity contribution is 5.83. The Morgan fingerprint density at radius 1 is 1.28 bits per heavy atom. The van der Waals surface area contributed by atoms with Crippen LogP contribution in [-0.2, 0) is 4.79 Å². The van der Waals surface area contributed by atoms with E-state index in [9.17, 15) is 9.18 Å². The maximum absolute atomic E-state index is 13.9. The van der Waals surface area contributed by atoms with Gasteiger partial charge in [-0.05, 0) is 50.7 Å². The van der Waals surface area contributed by atoms with Crippen molar-refractivity contribution in [3.05, 3.63) is 47.3 Å². The normalized spacial score (nSPS) is 25.9. The molecule has 1 aliphatic heterocycles. The predicted molar refractivity (Wildman–Crippen MR) is 91.6 cm³/mol. The van der Waals surface area contributed by atoms with E-state index in [0.29, 0.717) is 12.1 Å². The third-order valence-electron chi connectivity index (χ3n) is 5.37. The van der Waals surface area contributed by atoms with Crippen molar-refractivity contribution in [1.29, 1.82) is 0 Å². The van der Waals surface area contributed by atoms with Crippen LogP contribution in [-0.4, -0.2) is 38.7 Å². The van der Waals surface area contributed by atoms with Gasteiger partial charge in [0.25, 0.3) is 0 Å². The van der Waals surface area contributed by atoms with Gasteiger partial charge in [0.15, 0.2) is 0 Å². The second kappa shape index (κ2) is 6.24. The van der Waals surface area contributed by atoms with Gasteiger partial charge in [0, 0.05) is 19.0 Å². The molecule has 0 N–H and O–H groups in total. The van der Waals surface area contributed by atoms with Crippen molar-refractivity contribution in [2.45, 2.75) is 45.1 Å². The van der Waals surface area contributed by atoms with Crippen LogP contribution >= 0.6 is 0 Å². The van der Waals surface area contributed by atoms with Crippen LogP contribution in [0.15, 0.2) is 24.3 Å². The minimum Gasteiger partial charge on any atom is -0.340 e. The average molecular weight is 342 g/mol. The van der Waals surface area contributed by atoms with Crippen LogP contribution in [0, 0.1) is 25.6 Å². The molecule has 2 fully saturated rings. The fraction of sp³-hybridized carbons (Fsp3) is 0.526. The topological polar surface area (TPSA) is 51.0 Å². The number of piperidine rings is 1. The van der Waals surface area contributed by atoms with Crippen LogP contribution in [0.3, 0.4) is 0 Å². The summed E-state index contributed by atoms with van der Waals surface area (Å²) >= 11 is 0. The van der Waals surface area contributed by atoms with Crippen LogP contribution in [0.4, 0.5) is 4.39 Å². The molecule has 1 aromatic carbocycles. The van der Waals surface area contributed by atoms with Gasteiger partial charge in [-0.2, -0.15) is 5.10 Å². The fourth-order valence-corrected chi connectivity index (χ4v) is 4.06. The zero-order chi connectivity index (χ0) is 17.6. The van der Waals surface area contributed by atoms with Crippen molar-refractivity contribution in [3.8, 4) is 0 Å². The molecule has 3 unspecified atom stereocenters. The van der Waals surface area contributed by atoms with E-state index >= 15 is 0 Å². The van der Waals surface area contributed by atoms with Crippen molar-refractivity contribution in [2.24, 2.45) is 5.92 Å². The molecule has 0 spiro atoms. The Morgan fingerprint density at radius 2 is 2.08 bits per heavy atom. The van der Waals surface area contributed by atoms with E-state index in [1.54, 1.807) is 12.1 Å². The molecule has 2 heterocycles. The van der Waals surface area contributed by atoms with Gasteiger partial charge >= 0.3 is 0 Å². The Bertz CT molecular complexity index is 802. The fourth-order valence-electron chi connectivity index (χ4n) is 4.06. The Balaban J connectivity index is 1.45. The number of hydrogen-bond acceptors (Lipinski definition) is 3. The number of rotatable bonds is 3. The predicted octanol–water partition coefficient (Wildman–Crippen LogP) is 3.00. The van der Waals surface area contributed by atoms with E-state index in [1.807, 2.05) is 29.5 Å². The summed E-state index contributed by atoms with van der Waals surface area (Å²) < 4.78 is 15.9. The lowest BCUT2D eigenvalue weighted by molar-refractivity contribution is -0.134. The number of amides is 1. The van der Waals surface area contributed by atoms with E-state index in [0.717, 1.165) is 37.5 Å². The monoisotopic (exact) mass is 342 g/mol. The van der Waals surface area contributed by atoms with Crippen LogP contribution in [0.25, 0.3) is 0 Å². The van der Waals surface area contributed by atoms with E-state index in [2.05, 4.69) is 10.1 Å². The average Bonchev–Trinajstić information content (AvgIpc) is 3.32. The first-order valence-corrected chi connectivity index (χ1v) is 8.97. The van der Waals surface area contributed by atoms with E-state index in [-0.39, 0.29) is 29.6 Å². The molecule has 1 saturated heterocycles. The standard InChI is InChI=1S/C19H23FN4O/c1-12-21-13(2)24(22-12)14-6-5-9-23(11-14)19(25)17-10-16(17)15-7-3-4-8-18(15)20/h3-4,7-8,14,16-17H,5-6,9-11H2,1-2H3. The van der Waals surface area contributed by atoms with E-state index in [4.69, 9.17) is 0 Å². The molecule has 1 amide bonds. The number of hydrogen-bond donors (Lipinski definition) is 0. The number of likely N-dealkylation sites (tertiary alicyclic amines) is 1. The van der Waals surface area contributed by atoms with Gasteiger partial charge in [-0.3, -0.25) is 4.79 Å². The van der Waals surface area contributed by atoms with E-state index < -0.39 is 0 Å². The number of carbonyl (C=O) groups excluding carboxylic acids is 1. The minimum atomic E-state index is -0.201. The number of halogens is 1. The lowest BCUT2D eigenvalue weighted by atomic mass is 10.0. The first-order chi connectivity index (χ1) is 12.0. The molecule has 1 saturated carbocycles. The molecule has 4 rings (SSSR count). The highest BCUT2D eigenvalue weighted by Crippen LogP contribution is 2.49. The SMILES string of the molecule is Cc1nc(C)n(C2CCCN(C(=O)C3CC3c3ccccc3F)C2)n1. The number of carbonyl (C=O) groups is 1. The smallest absolute Gasteiger partial charge is 0.226 e. The molecule has 3 atom stereocenters. The van der Waals surface area contributed by atoms with Gasteiger partial charge < -0.3 is 4.90 Å². The molecular weight excluding hydrogens is 319 g/mol. The maximum Gasteiger partial charge on any atom is 0.226 e. The molecular formula is C19H23FN4O. The third kappa shape index (κ3) is 3.05. The number of benzene rings is 1. The molecule has 1 aromatic heterocycles. The summed E-state index contributed by atoms with van der Waals surface area (Å²) in [5.41, 5.74) is 0.678. The first kappa shape index (κ1) is 16.2. The van der Waals surface area contributed by atoms with Gasteiger partial charge in [0.05, 0.1) is 6.04 Å². The lowest BCUT2D eigenvalue weighted by Crippen LogP contribution is -2.42. The van der Waals surface area contributed by atoms with Crippen LogP contribution < -0.4 is 0 Å². The molecule has 5 nitrogen and oxygen atoms in total. The summed E-state index contributed by atoms with van der Waals surface area (Å²) in [6.07, 6.45) is 2.73. The van der Waals surface area contributed by atoms with Gasteiger partial charge in [-0.1, -0.05) is 18.2 Å². The van der Waals surface area contributed by atoms with Gasteiger partial charge in [0.2, 0.25) is 5.91 Å². The summed E-state index contributed by atoms with van der Waals surface area (Å²) in [5.74, 6) is 1.58. The summed E-state index contributed by atoms with van der Waals surface area (Å²) in [4.78, 5) is 19.2. The number of aromatic nitrogens is 3.